The normalized spacial score (nSPS) is 12.4. The first-order chi connectivity index (χ1) is 14.7. The van der Waals surface area contributed by atoms with E-state index in [0.717, 1.165) is 6.07 Å². The minimum Gasteiger partial charge on any atom is -0.459 e. The Morgan fingerprint density at radius 3 is 2.47 bits per heavy atom. The maximum absolute atomic E-state index is 13.3. The third-order valence-electron chi connectivity index (χ3n) is 4.10. The number of esters is 1. The van der Waals surface area contributed by atoms with Crippen LogP contribution in [0.5, 0.6) is 0 Å². The van der Waals surface area contributed by atoms with Crippen LogP contribution in [0.25, 0.3) is 5.78 Å². The fraction of sp³-hybridized carbons (Fsp3) is 0.333. The molecule has 32 heavy (non-hydrogen) atoms. The molecule has 2 heterocycles. The lowest BCUT2D eigenvalue weighted by atomic mass is 10.1. The minimum atomic E-state index is -4.81. The van der Waals surface area contributed by atoms with Crippen molar-refractivity contribution in [2.45, 2.75) is 45.1 Å². The second-order valence-corrected chi connectivity index (χ2v) is 9.43. The molecule has 0 aliphatic heterocycles. The Labute approximate surface area is 189 Å². The number of ether oxygens (including phenoxy) is 1. The van der Waals surface area contributed by atoms with Crippen LogP contribution in [0.4, 0.5) is 18.9 Å². The van der Waals surface area contributed by atoms with Crippen molar-refractivity contribution in [1.82, 2.24) is 19.6 Å². The Kier molecular flexibility index (Phi) is 6.21. The van der Waals surface area contributed by atoms with Crippen LogP contribution in [0.3, 0.4) is 0 Å². The first-order valence-corrected chi connectivity index (χ1v) is 11.3. The molecule has 3 rings (SSSR count). The van der Waals surface area contributed by atoms with E-state index in [1.807, 2.05) is 0 Å². The molecule has 0 amide bonds. The van der Waals surface area contributed by atoms with Gasteiger partial charge in [0.2, 0.25) is 0 Å². The highest BCUT2D eigenvalue weighted by atomic mass is 79.9. The van der Waals surface area contributed by atoms with E-state index in [-0.39, 0.29) is 21.4 Å². The van der Waals surface area contributed by atoms with E-state index in [9.17, 15) is 26.4 Å². The molecule has 2 aromatic heterocycles. The Bertz CT molecular complexity index is 1320. The summed E-state index contributed by atoms with van der Waals surface area (Å²) in [4.78, 5) is 19.8. The highest BCUT2D eigenvalue weighted by Gasteiger charge is 2.36. The zero-order valence-electron chi connectivity index (χ0n) is 17.2. The van der Waals surface area contributed by atoms with Crippen LogP contribution in [-0.2, 0) is 20.9 Å². The summed E-state index contributed by atoms with van der Waals surface area (Å²) < 4.78 is 73.6. The number of aryl methyl sites for hydroxylation is 2. The molecule has 0 atom stereocenters. The number of aromatic nitrogens is 4. The first kappa shape index (κ1) is 23.9. The van der Waals surface area contributed by atoms with Crippen molar-refractivity contribution in [3.63, 3.8) is 0 Å². The molecule has 1 N–H and O–H groups in total. The van der Waals surface area contributed by atoms with Crippen LogP contribution < -0.4 is 4.72 Å². The van der Waals surface area contributed by atoms with Crippen molar-refractivity contribution >= 4 is 43.4 Å². The van der Waals surface area contributed by atoms with E-state index in [4.69, 9.17) is 4.74 Å². The maximum Gasteiger partial charge on any atom is 0.433 e. The summed E-state index contributed by atoms with van der Waals surface area (Å²) in [6.45, 7) is 6.20. The number of rotatable bonds is 5. The molecule has 0 spiro atoms. The van der Waals surface area contributed by atoms with Crippen molar-refractivity contribution < 1.29 is 31.1 Å². The van der Waals surface area contributed by atoms with Crippen molar-refractivity contribution in [2.75, 3.05) is 4.72 Å². The lowest BCUT2D eigenvalue weighted by Crippen LogP contribution is -2.18. The van der Waals surface area contributed by atoms with Gasteiger partial charge in [-0.2, -0.15) is 31.1 Å². The monoisotopic (exact) mass is 535 g/mol. The fourth-order valence-corrected chi connectivity index (χ4v) is 4.55. The quantitative estimate of drug-likeness (QED) is 0.492. The van der Waals surface area contributed by atoms with Gasteiger partial charge in [-0.15, -0.1) is 5.10 Å². The van der Waals surface area contributed by atoms with E-state index >= 15 is 0 Å². The van der Waals surface area contributed by atoms with Crippen LogP contribution in [0.15, 0.2) is 27.8 Å². The average Bonchev–Trinajstić information content (AvgIpc) is 3.07. The van der Waals surface area contributed by atoms with Crippen molar-refractivity contribution in [3.8, 4) is 0 Å². The number of carbonyl (C=O) groups excluding carboxylic acids is 1. The number of carbonyl (C=O) groups is 1. The van der Waals surface area contributed by atoms with Crippen molar-refractivity contribution in [3.05, 3.63) is 45.2 Å². The molecule has 0 radical (unpaired) electrons. The number of hydrogen-bond acceptors (Lipinski definition) is 7. The predicted octanol–water partition coefficient (Wildman–Crippen LogP) is 3.89. The maximum atomic E-state index is 13.3. The van der Waals surface area contributed by atoms with Crippen molar-refractivity contribution in [1.29, 1.82) is 0 Å². The van der Waals surface area contributed by atoms with Crippen LogP contribution in [0.2, 0.25) is 0 Å². The van der Waals surface area contributed by atoms with Gasteiger partial charge >= 0.3 is 12.1 Å². The molecule has 0 saturated heterocycles. The number of nitrogens with zero attached hydrogens (tertiary/aromatic N) is 4. The lowest BCUT2D eigenvalue weighted by Gasteiger charge is -2.15. The number of halogens is 4. The van der Waals surface area contributed by atoms with Gasteiger partial charge in [0.15, 0.2) is 5.69 Å². The second kappa shape index (κ2) is 8.31. The lowest BCUT2D eigenvalue weighted by molar-refractivity contribution is -0.142. The molecule has 0 bridgehead atoms. The van der Waals surface area contributed by atoms with Crippen LogP contribution in [0.1, 0.15) is 41.2 Å². The second-order valence-electron chi connectivity index (χ2n) is 7.07. The Morgan fingerprint density at radius 1 is 1.22 bits per heavy atom. The van der Waals surface area contributed by atoms with Gasteiger partial charge < -0.3 is 4.74 Å². The first-order valence-electron chi connectivity index (χ1n) is 9.05. The van der Waals surface area contributed by atoms with Gasteiger partial charge in [-0.05, 0) is 61.3 Å². The summed E-state index contributed by atoms with van der Waals surface area (Å²) in [6, 6.07) is 3.67. The molecule has 0 saturated carbocycles. The van der Waals surface area contributed by atoms with Crippen LogP contribution >= 0.6 is 15.9 Å². The van der Waals surface area contributed by atoms with Gasteiger partial charge in [-0.25, -0.2) is 9.78 Å². The summed E-state index contributed by atoms with van der Waals surface area (Å²) in [5, 5.41) is 2.60. The highest BCUT2D eigenvalue weighted by Crippen LogP contribution is 2.33. The molecule has 3 aromatic rings. The molecular weight excluding hydrogens is 519 g/mol. The molecule has 0 aliphatic carbocycles. The number of sulfonamides is 1. The van der Waals surface area contributed by atoms with Crippen LogP contribution in [-0.4, -0.2) is 40.1 Å². The number of alkyl halides is 3. The highest BCUT2D eigenvalue weighted by molar-refractivity contribution is 9.10. The van der Waals surface area contributed by atoms with Crippen LogP contribution in [0, 0.1) is 13.8 Å². The van der Waals surface area contributed by atoms with Gasteiger partial charge in [-0.1, -0.05) is 6.07 Å². The van der Waals surface area contributed by atoms with Gasteiger partial charge in [0.1, 0.15) is 0 Å². The third-order valence-corrected chi connectivity index (χ3v) is 6.05. The molecular formula is C18H17BrF3N5O4S. The molecule has 0 fully saturated rings. The average molecular weight is 536 g/mol. The van der Waals surface area contributed by atoms with Gasteiger partial charge in [0.05, 0.1) is 21.8 Å². The smallest absolute Gasteiger partial charge is 0.433 e. The van der Waals surface area contributed by atoms with Crippen molar-refractivity contribution in [2.24, 2.45) is 0 Å². The minimum absolute atomic E-state index is 0.0101. The Hall–Kier alpha value is -2.74. The topological polar surface area (TPSA) is 116 Å². The van der Waals surface area contributed by atoms with E-state index < -0.39 is 44.9 Å². The number of anilines is 1. The summed E-state index contributed by atoms with van der Waals surface area (Å²) in [5.41, 5.74) is -0.757. The summed E-state index contributed by atoms with van der Waals surface area (Å²) in [6.07, 6.45) is -5.21. The largest absolute Gasteiger partial charge is 0.459 e. The number of hydrogen-bond donors (Lipinski definition) is 1. The summed E-state index contributed by atoms with van der Waals surface area (Å²) in [7, 11) is -4.54. The molecule has 14 heteroatoms. The van der Waals surface area contributed by atoms with E-state index in [2.05, 4.69) is 35.7 Å². The third kappa shape index (κ3) is 4.70. The molecule has 172 valence electrons. The zero-order valence-corrected chi connectivity index (χ0v) is 19.6. The zero-order chi connectivity index (χ0) is 24.0. The van der Waals surface area contributed by atoms with E-state index in [1.54, 1.807) is 20.8 Å². The molecule has 0 aliphatic rings. The molecule has 9 nitrogen and oxygen atoms in total. The Balaban J connectivity index is 2.07. The number of benzene rings is 1. The van der Waals surface area contributed by atoms with Gasteiger partial charge in [0.25, 0.3) is 21.0 Å². The SMILES string of the molecule is Cc1cc(C(F)(F)F)n2nc(S(=O)(=O)Nc3c(C)ccc(C(=O)OC(C)C)c3Br)nc2n1. The van der Waals surface area contributed by atoms with Gasteiger partial charge in [0, 0.05) is 5.69 Å². The fourth-order valence-electron chi connectivity index (χ4n) is 2.70. The summed E-state index contributed by atoms with van der Waals surface area (Å²) >= 11 is 3.19. The van der Waals surface area contributed by atoms with E-state index in [0.29, 0.717) is 10.1 Å². The van der Waals surface area contributed by atoms with Gasteiger partial charge in [-0.3, -0.25) is 4.72 Å². The predicted molar refractivity (Wildman–Crippen MR) is 111 cm³/mol. The number of nitrogens with one attached hydrogen (secondary N) is 1. The van der Waals surface area contributed by atoms with E-state index in [1.165, 1.54) is 19.1 Å². The summed E-state index contributed by atoms with van der Waals surface area (Å²) in [5.74, 6) is -1.21. The Morgan fingerprint density at radius 2 is 1.88 bits per heavy atom. The number of fused-ring (bicyclic) bond motifs is 1. The standard InChI is InChI=1S/C18H17BrF3N5O4S/c1-8(2)31-15(28)11-6-5-9(3)14(13(11)19)26-32(29,30)17-24-16-23-10(4)7-12(18(20,21)22)27(16)25-17/h5-8,26H,1-4H3. The molecule has 0 unspecified atom stereocenters. The molecule has 1 aromatic carbocycles.